The maximum atomic E-state index is 12.8. The van der Waals surface area contributed by atoms with Crippen LogP contribution in [0.1, 0.15) is 28.8 Å². The van der Waals surface area contributed by atoms with Gasteiger partial charge in [0.1, 0.15) is 0 Å². The van der Waals surface area contributed by atoms with E-state index in [1.807, 2.05) is 0 Å². The molecule has 3 rings (SSSR count). The molecule has 0 bridgehead atoms. The number of amides is 2. The van der Waals surface area contributed by atoms with E-state index in [4.69, 9.17) is 0 Å². The number of halogens is 3. The quantitative estimate of drug-likeness (QED) is 0.741. The molecule has 0 atom stereocenters. The van der Waals surface area contributed by atoms with E-state index in [1.165, 1.54) is 24.3 Å². The third-order valence-electron chi connectivity index (χ3n) is 4.55. The Morgan fingerprint density at radius 3 is 2.25 bits per heavy atom. The van der Waals surface area contributed by atoms with Gasteiger partial charge in [-0.15, -0.1) is 0 Å². The van der Waals surface area contributed by atoms with Gasteiger partial charge in [0.25, 0.3) is 5.91 Å². The first-order valence-corrected chi connectivity index (χ1v) is 8.93. The van der Waals surface area contributed by atoms with Crippen molar-refractivity contribution in [2.24, 2.45) is 5.92 Å². The van der Waals surface area contributed by atoms with Crippen LogP contribution in [0.15, 0.2) is 48.5 Å². The molecule has 148 valence electrons. The molecule has 28 heavy (non-hydrogen) atoms. The third kappa shape index (κ3) is 5.10. The molecule has 0 aliphatic carbocycles. The van der Waals surface area contributed by atoms with Crippen molar-refractivity contribution in [3.05, 3.63) is 59.7 Å². The van der Waals surface area contributed by atoms with Crippen LogP contribution < -0.4 is 16.0 Å². The maximum absolute atomic E-state index is 12.8. The lowest BCUT2D eigenvalue weighted by atomic mass is 9.97. The molecule has 0 unspecified atom stereocenters. The Bertz CT molecular complexity index is 862. The summed E-state index contributed by atoms with van der Waals surface area (Å²) < 4.78 is 38.4. The molecule has 8 heteroatoms. The van der Waals surface area contributed by atoms with Gasteiger partial charge < -0.3 is 16.0 Å². The molecule has 0 spiro atoms. The second-order valence-electron chi connectivity index (χ2n) is 6.63. The molecule has 1 fully saturated rings. The van der Waals surface area contributed by atoms with Crippen molar-refractivity contribution in [3.63, 3.8) is 0 Å². The Morgan fingerprint density at radius 2 is 1.57 bits per heavy atom. The van der Waals surface area contributed by atoms with Crippen LogP contribution in [0.2, 0.25) is 0 Å². The predicted octanol–water partition coefficient (Wildman–Crippen LogP) is 3.90. The van der Waals surface area contributed by atoms with Gasteiger partial charge in [-0.1, -0.05) is 12.1 Å². The predicted molar refractivity (Wildman–Crippen MR) is 100 cm³/mol. The van der Waals surface area contributed by atoms with E-state index in [0.29, 0.717) is 5.69 Å². The summed E-state index contributed by atoms with van der Waals surface area (Å²) in [6.45, 7) is 1.58. The Hall–Kier alpha value is -2.87. The van der Waals surface area contributed by atoms with Gasteiger partial charge in [0.05, 0.1) is 5.56 Å². The van der Waals surface area contributed by atoms with Crippen LogP contribution in [0.5, 0.6) is 0 Å². The van der Waals surface area contributed by atoms with Crippen molar-refractivity contribution in [2.45, 2.75) is 19.0 Å². The smallest absolute Gasteiger partial charge is 0.326 e. The van der Waals surface area contributed by atoms with Gasteiger partial charge in [0, 0.05) is 22.9 Å². The van der Waals surface area contributed by atoms with Crippen LogP contribution in [0.25, 0.3) is 0 Å². The fraction of sp³-hybridized carbons (Fsp3) is 0.300. The highest BCUT2D eigenvalue weighted by Crippen LogP contribution is 2.30. The van der Waals surface area contributed by atoms with E-state index in [0.717, 1.165) is 38.1 Å². The van der Waals surface area contributed by atoms with Crippen LogP contribution in [0.3, 0.4) is 0 Å². The average Bonchev–Trinajstić information content (AvgIpc) is 2.68. The molecular weight excluding hydrogens is 371 g/mol. The van der Waals surface area contributed by atoms with E-state index in [9.17, 15) is 22.8 Å². The Balaban J connectivity index is 1.68. The first-order valence-electron chi connectivity index (χ1n) is 8.93. The molecule has 2 amide bonds. The minimum atomic E-state index is -4.49. The van der Waals surface area contributed by atoms with Crippen molar-refractivity contribution >= 4 is 23.2 Å². The zero-order valence-electron chi connectivity index (χ0n) is 15.0. The Morgan fingerprint density at radius 1 is 0.929 bits per heavy atom. The number of nitrogens with one attached hydrogen (secondary N) is 3. The molecule has 2 aromatic carbocycles. The topological polar surface area (TPSA) is 70.2 Å². The number of alkyl halides is 3. The van der Waals surface area contributed by atoms with E-state index in [1.54, 1.807) is 12.1 Å². The van der Waals surface area contributed by atoms with E-state index in [-0.39, 0.29) is 23.1 Å². The van der Waals surface area contributed by atoms with Crippen molar-refractivity contribution in [3.8, 4) is 0 Å². The molecule has 5 nitrogen and oxygen atoms in total. The summed E-state index contributed by atoms with van der Waals surface area (Å²) in [5.74, 6) is -0.738. The van der Waals surface area contributed by atoms with Crippen molar-refractivity contribution < 1.29 is 22.8 Å². The second kappa shape index (κ2) is 8.43. The summed E-state index contributed by atoms with van der Waals surface area (Å²) in [7, 11) is 0. The average molecular weight is 391 g/mol. The van der Waals surface area contributed by atoms with Crippen molar-refractivity contribution in [1.29, 1.82) is 0 Å². The Kier molecular flexibility index (Phi) is 5.99. The fourth-order valence-corrected chi connectivity index (χ4v) is 3.04. The second-order valence-corrected chi connectivity index (χ2v) is 6.63. The fourth-order valence-electron chi connectivity index (χ4n) is 3.04. The largest absolute Gasteiger partial charge is 0.416 e. The first kappa shape index (κ1) is 19.9. The standard InChI is InChI=1S/C20H20F3N3O2/c21-20(22,23)15-4-2-6-17(12-15)26-19(28)14-3-1-5-16(11-14)25-18(27)13-7-9-24-10-8-13/h1-6,11-13,24H,7-10H2,(H,25,27)(H,26,28). The minimum Gasteiger partial charge on any atom is -0.326 e. The van der Waals surface area contributed by atoms with Gasteiger partial charge in [0.2, 0.25) is 5.91 Å². The van der Waals surface area contributed by atoms with Gasteiger partial charge >= 0.3 is 6.18 Å². The lowest BCUT2D eigenvalue weighted by molar-refractivity contribution is -0.137. The number of rotatable bonds is 4. The number of carbonyl (C=O) groups excluding carboxylic acids is 2. The summed E-state index contributed by atoms with van der Waals surface area (Å²) in [5, 5.41) is 8.45. The Labute approximate surface area is 160 Å². The number of benzene rings is 2. The van der Waals surface area contributed by atoms with Crippen molar-refractivity contribution in [2.75, 3.05) is 23.7 Å². The van der Waals surface area contributed by atoms with Gasteiger partial charge in [-0.25, -0.2) is 0 Å². The SMILES string of the molecule is O=C(Nc1cccc(C(F)(F)F)c1)c1cccc(NC(=O)C2CCNCC2)c1. The zero-order valence-corrected chi connectivity index (χ0v) is 15.0. The molecule has 3 N–H and O–H groups in total. The molecule has 1 aliphatic rings. The van der Waals surface area contributed by atoms with E-state index in [2.05, 4.69) is 16.0 Å². The normalized spacial score (nSPS) is 15.1. The molecule has 2 aromatic rings. The highest BCUT2D eigenvalue weighted by Gasteiger charge is 2.30. The number of anilines is 2. The summed E-state index contributed by atoms with van der Waals surface area (Å²) in [6, 6.07) is 10.7. The molecule has 0 aromatic heterocycles. The summed E-state index contributed by atoms with van der Waals surface area (Å²) in [4.78, 5) is 24.7. The van der Waals surface area contributed by atoms with Crippen LogP contribution in [0.4, 0.5) is 24.5 Å². The maximum Gasteiger partial charge on any atom is 0.416 e. The van der Waals surface area contributed by atoms with Crippen LogP contribution >= 0.6 is 0 Å². The summed E-state index contributed by atoms with van der Waals surface area (Å²) in [5.41, 5.74) is -0.0852. The lowest BCUT2D eigenvalue weighted by Gasteiger charge is -2.21. The molecule has 1 saturated heterocycles. The number of hydrogen-bond donors (Lipinski definition) is 3. The highest BCUT2D eigenvalue weighted by molar-refractivity contribution is 6.05. The van der Waals surface area contributed by atoms with Gasteiger partial charge in [-0.2, -0.15) is 13.2 Å². The van der Waals surface area contributed by atoms with Crippen LogP contribution in [-0.2, 0) is 11.0 Å². The number of hydrogen-bond acceptors (Lipinski definition) is 3. The highest BCUT2D eigenvalue weighted by atomic mass is 19.4. The number of piperidine rings is 1. The lowest BCUT2D eigenvalue weighted by Crippen LogP contribution is -2.34. The molecule has 0 saturated carbocycles. The van der Waals surface area contributed by atoms with Crippen LogP contribution in [-0.4, -0.2) is 24.9 Å². The monoisotopic (exact) mass is 391 g/mol. The molecule has 1 heterocycles. The summed E-state index contributed by atoms with van der Waals surface area (Å²) in [6.07, 6.45) is -2.98. The van der Waals surface area contributed by atoms with Gasteiger partial charge in [-0.05, 0) is 62.3 Å². The first-order chi connectivity index (χ1) is 13.3. The molecular formula is C20H20F3N3O2. The van der Waals surface area contributed by atoms with Crippen molar-refractivity contribution in [1.82, 2.24) is 5.32 Å². The third-order valence-corrected chi connectivity index (χ3v) is 4.55. The zero-order chi connectivity index (χ0) is 20.1. The van der Waals surface area contributed by atoms with Crippen LogP contribution in [0, 0.1) is 5.92 Å². The van der Waals surface area contributed by atoms with E-state index >= 15 is 0 Å². The molecule has 1 aliphatic heterocycles. The number of carbonyl (C=O) groups is 2. The van der Waals surface area contributed by atoms with E-state index < -0.39 is 17.6 Å². The van der Waals surface area contributed by atoms with Gasteiger partial charge in [-0.3, -0.25) is 9.59 Å². The minimum absolute atomic E-state index is 0.0453. The summed E-state index contributed by atoms with van der Waals surface area (Å²) >= 11 is 0. The van der Waals surface area contributed by atoms with Gasteiger partial charge in [0.15, 0.2) is 0 Å². The molecule has 0 radical (unpaired) electrons.